The van der Waals surface area contributed by atoms with Crippen molar-refractivity contribution in [2.75, 3.05) is 0 Å². The van der Waals surface area contributed by atoms with E-state index in [0.717, 1.165) is 6.92 Å². The number of halogens is 4. The van der Waals surface area contributed by atoms with Crippen molar-refractivity contribution in [1.29, 1.82) is 26.3 Å². The highest BCUT2D eigenvalue weighted by Crippen LogP contribution is 2.33. The van der Waals surface area contributed by atoms with Gasteiger partial charge in [0.05, 0.1) is 75.0 Å². The van der Waals surface area contributed by atoms with E-state index in [9.17, 15) is 35.1 Å². The maximum atomic E-state index is 15.1. The van der Waals surface area contributed by atoms with Crippen LogP contribution in [-0.4, -0.2) is 15.0 Å². The molecule has 290 valence electrons. The average Bonchev–Trinajstić information content (AvgIpc) is 4.05. The van der Waals surface area contributed by atoms with Crippen LogP contribution in [0.1, 0.15) is 39.2 Å². The quantitative estimate of drug-likeness (QED) is 0.112. The number of nitriles is 5. The first-order valence-electron chi connectivity index (χ1n) is 17.2. The molecule has 0 amide bonds. The van der Waals surface area contributed by atoms with Gasteiger partial charge in [0.2, 0.25) is 5.70 Å². The molecule has 0 radical (unpaired) electrons. The van der Waals surface area contributed by atoms with Crippen molar-refractivity contribution in [3.05, 3.63) is 188 Å². The molecule has 4 aromatic carbocycles. The van der Waals surface area contributed by atoms with Gasteiger partial charge in [0, 0.05) is 16.7 Å². The first-order valence-corrected chi connectivity index (χ1v) is 17.2. The van der Waals surface area contributed by atoms with Crippen molar-refractivity contribution in [2.24, 2.45) is 30.0 Å². The zero-order valence-electron chi connectivity index (χ0n) is 31.1. The van der Waals surface area contributed by atoms with Gasteiger partial charge in [-0.2, -0.15) is 21.0 Å². The van der Waals surface area contributed by atoms with E-state index >= 15 is 8.78 Å². The van der Waals surface area contributed by atoms with Crippen LogP contribution in [0.25, 0.3) is 48.7 Å². The molecule has 5 aromatic rings. The number of fused-ring (bicyclic) bond motifs is 3. The molecule has 0 unspecified atom stereocenters. The zero-order valence-corrected chi connectivity index (χ0v) is 31.1. The van der Waals surface area contributed by atoms with Crippen molar-refractivity contribution in [3.63, 3.8) is 0 Å². The Balaban J connectivity index is 1.41. The van der Waals surface area contributed by atoms with Gasteiger partial charge in [0.1, 0.15) is 35.0 Å². The molecule has 17 nitrogen and oxygen atoms in total. The fourth-order valence-corrected chi connectivity index (χ4v) is 6.38. The minimum absolute atomic E-state index is 0.00704. The molecule has 0 saturated heterocycles. The first kappa shape index (κ1) is 39.4. The second-order valence-electron chi connectivity index (χ2n) is 12.7. The second-order valence-corrected chi connectivity index (χ2v) is 12.7. The summed E-state index contributed by atoms with van der Waals surface area (Å²) in [6.45, 7) is 23.9. The lowest BCUT2D eigenvalue weighted by atomic mass is 10.0. The smallest absolute Gasteiger partial charge is 0.239 e. The Hall–Kier alpha value is -10.4. The van der Waals surface area contributed by atoms with E-state index in [-0.39, 0.29) is 88.8 Å². The second kappa shape index (κ2) is 15.1. The van der Waals surface area contributed by atoms with E-state index in [4.69, 9.17) is 19.7 Å². The monoisotopic (exact) mass is 827 g/mol. The average molecular weight is 828 g/mol. The lowest BCUT2D eigenvalue weighted by molar-refractivity contribution is 0.441. The number of aromatic nitrogens is 3. The molecule has 3 aliphatic rings. The highest BCUT2D eigenvalue weighted by atomic mass is 19.2. The molecular formula is C42H9F4N17. The molecule has 3 aliphatic heterocycles. The van der Waals surface area contributed by atoms with Gasteiger partial charge < -0.3 is 0 Å². The van der Waals surface area contributed by atoms with Crippen molar-refractivity contribution < 1.29 is 17.6 Å². The highest BCUT2D eigenvalue weighted by Gasteiger charge is 2.30. The van der Waals surface area contributed by atoms with Crippen LogP contribution in [0.2, 0.25) is 0 Å². The highest BCUT2D eigenvalue weighted by molar-refractivity contribution is 5.77. The standard InChI is InChI=1S/C42H9F4N17/c1-16-29(43)31(45)28(32(46)30(16)44)35(53-3)40-56-24-8-6-20(22(14-50)34(24)60-40)38-61-37(19-5-7-23-33(21(19)13-49)59-39(55-23)27(15-51)52-2)62-42(63-38)36(54-4)41-57-25-9-17(11-47)18(12-48)10-26(25)58-41/h5-10H,1H3/b39-27+,40-35-. The van der Waals surface area contributed by atoms with E-state index in [1.54, 1.807) is 6.07 Å². The summed E-state index contributed by atoms with van der Waals surface area (Å²) in [6.07, 6.45) is 0. The van der Waals surface area contributed by atoms with Gasteiger partial charge in [-0.25, -0.2) is 82.3 Å². The van der Waals surface area contributed by atoms with Gasteiger partial charge in [-0.3, -0.25) is 0 Å². The topological polar surface area (TPSA) is 245 Å². The van der Waals surface area contributed by atoms with Crippen molar-refractivity contribution in [2.45, 2.75) is 6.92 Å². The Kier molecular flexibility index (Phi) is 9.41. The minimum Gasteiger partial charge on any atom is -0.239 e. The Bertz CT molecular complexity index is 3860. The summed E-state index contributed by atoms with van der Waals surface area (Å²) in [7, 11) is 0. The molecule has 0 saturated carbocycles. The zero-order chi connectivity index (χ0) is 44.9. The molecular weight excluding hydrogens is 819 g/mol. The van der Waals surface area contributed by atoms with Crippen LogP contribution >= 0.6 is 0 Å². The molecule has 63 heavy (non-hydrogen) atoms. The minimum atomic E-state index is -1.86. The molecule has 0 atom stereocenters. The Labute approximate surface area is 348 Å². The van der Waals surface area contributed by atoms with Crippen LogP contribution < -0.4 is 32.1 Å². The molecule has 8 rings (SSSR count). The Morgan fingerprint density at radius 2 is 1.00 bits per heavy atom. The molecule has 1 aromatic heterocycles. The van der Waals surface area contributed by atoms with Gasteiger partial charge in [0.25, 0.3) is 5.70 Å². The van der Waals surface area contributed by atoms with E-state index in [2.05, 4.69) is 59.4 Å². The lowest BCUT2D eigenvalue weighted by Gasteiger charge is -2.10. The molecule has 21 heteroatoms. The normalized spacial score (nSPS) is 13.8. The summed E-state index contributed by atoms with van der Waals surface area (Å²) in [5.74, 6) is -9.45. The summed E-state index contributed by atoms with van der Waals surface area (Å²) >= 11 is 0. The first-order chi connectivity index (χ1) is 30.4. The van der Waals surface area contributed by atoms with Crippen molar-refractivity contribution >= 4 is 11.4 Å². The SMILES string of the molecule is [C-]#[N+]C(=C1N=c2cc(C#N)c(C#N)cc2=N1)c1nc(-c2ccc3c(c2C#N)=N/C(=C(\[N+]#[C-])c2c(F)c(F)c(C)c(F)c2F)N=3)nc(-c2ccc3c(c2C#N)=N/C(=C(\C#N)[N+]#[C-])N=3)n1. The van der Waals surface area contributed by atoms with Crippen molar-refractivity contribution in [3.8, 4) is 53.1 Å². The fraction of sp³-hybridized carbons (Fsp3) is 0.0238. The van der Waals surface area contributed by atoms with Crippen LogP contribution in [0.4, 0.5) is 17.6 Å². The lowest BCUT2D eigenvalue weighted by Crippen LogP contribution is -2.26. The van der Waals surface area contributed by atoms with Gasteiger partial charge >= 0.3 is 5.70 Å². The number of hydrogen-bond acceptors (Lipinski definition) is 14. The van der Waals surface area contributed by atoms with Gasteiger partial charge in [-0.1, -0.05) is 0 Å². The fourth-order valence-electron chi connectivity index (χ4n) is 6.38. The number of benzene rings is 4. The third-order valence-electron chi connectivity index (χ3n) is 9.36. The third kappa shape index (κ3) is 6.14. The molecule has 0 bridgehead atoms. The van der Waals surface area contributed by atoms with E-state index < -0.39 is 63.1 Å². The number of rotatable bonds is 4. The van der Waals surface area contributed by atoms with Crippen molar-refractivity contribution in [1.82, 2.24) is 15.0 Å². The van der Waals surface area contributed by atoms with Crippen LogP contribution in [-0.2, 0) is 0 Å². The molecule has 0 fully saturated rings. The largest absolute Gasteiger partial charge is 0.305 e. The molecule has 0 N–H and O–H groups in total. The molecule has 0 aliphatic carbocycles. The van der Waals surface area contributed by atoms with Crippen LogP contribution in [0.5, 0.6) is 0 Å². The summed E-state index contributed by atoms with van der Waals surface area (Å²) in [5, 5.41) is 49.4. The Morgan fingerprint density at radius 1 is 0.540 bits per heavy atom. The summed E-state index contributed by atoms with van der Waals surface area (Å²) in [6, 6.07) is 17.4. The van der Waals surface area contributed by atoms with E-state index in [1.165, 1.54) is 36.4 Å². The predicted octanol–water partition coefficient (Wildman–Crippen LogP) is 3.42. The summed E-state index contributed by atoms with van der Waals surface area (Å²) < 4.78 is 59.4. The van der Waals surface area contributed by atoms with Crippen LogP contribution in [0.3, 0.4) is 0 Å². The summed E-state index contributed by atoms with van der Waals surface area (Å²) in [4.78, 5) is 48.7. The van der Waals surface area contributed by atoms with Gasteiger partial charge in [0.15, 0.2) is 58.2 Å². The van der Waals surface area contributed by atoms with Gasteiger partial charge in [-0.05, 0) is 43.3 Å². The molecule has 0 spiro atoms. The van der Waals surface area contributed by atoms with E-state index in [0.29, 0.717) is 0 Å². The number of hydrogen-bond donors (Lipinski definition) is 0. The maximum absolute atomic E-state index is 15.1. The number of allylic oxidation sites excluding steroid dienone is 1. The number of nitrogens with zero attached hydrogens (tertiary/aromatic N) is 17. The third-order valence-corrected chi connectivity index (χ3v) is 9.36. The van der Waals surface area contributed by atoms with Gasteiger partial charge in [-0.15, -0.1) is 0 Å². The predicted molar refractivity (Wildman–Crippen MR) is 200 cm³/mol. The summed E-state index contributed by atoms with van der Waals surface area (Å²) in [5.41, 5.74) is -4.86. The maximum Gasteiger partial charge on any atom is 0.305 e. The van der Waals surface area contributed by atoms with E-state index in [1.807, 2.05) is 24.3 Å². The van der Waals surface area contributed by atoms with Crippen LogP contribution in [0, 0.1) is 107 Å². The Morgan fingerprint density at radius 3 is 1.44 bits per heavy atom. The molecule has 4 heterocycles. The van der Waals surface area contributed by atoms with Crippen LogP contribution in [0.15, 0.2) is 89.5 Å².